The Bertz CT molecular complexity index is 780. The van der Waals surface area contributed by atoms with Crippen LogP contribution < -0.4 is 10.2 Å². The molecule has 3 heterocycles. The molecule has 2 aliphatic rings. The molecule has 32 heavy (non-hydrogen) atoms. The van der Waals surface area contributed by atoms with Crippen molar-refractivity contribution in [2.45, 2.75) is 37.9 Å². The number of aromatic nitrogens is 2. The second-order valence-electron chi connectivity index (χ2n) is 8.01. The second-order valence-corrected chi connectivity index (χ2v) is 9.34. The Balaban J connectivity index is 1.44. The molecule has 2 amide bonds. The van der Waals surface area contributed by atoms with Crippen molar-refractivity contribution in [1.82, 2.24) is 25.1 Å². The van der Waals surface area contributed by atoms with Crippen LogP contribution in [0.3, 0.4) is 0 Å². The SMILES string of the molecule is CCC(=O)N1CCN(c2cc(Cl)nc(SCC(=O)NCCCN3CCOCC3)n2)CC1C. The zero-order valence-corrected chi connectivity index (χ0v) is 20.5. The van der Waals surface area contributed by atoms with Gasteiger partial charge in [0.25, 0.3) is 0 Å². The van der Waals surface area contributed by atoms with Crippen LogP contribution in [0.25, 0.3) is 0 Å². The van der Waals surface area contributed by atoms with Gasteiger partial charge < -0.3 is 19.9 Å². The summed E-state index contributed by atoms with van der Waals surface area (Å²) in [5.74, 6) is 1.10. The number of halogens is 1. The van der Waals surface area contributed by atoms with E-state index in [0.717, 1.165) is 45.1 Å². The number of morpholine rings is 1. The zero-order chi connectivity index (χ0) is 22.9. The van der Waals surface area contributed by atoms with Crippen molar-refractivity contribution in [1.29, 1.82) is 0 Å². The van der Waals surface area contributed by atoms with Gasteiger partial charge in [0.1, 0.15) is 11.0 Å². The minimum Gasteiger partial charge on any atom is -0.379 e. The van der Waals surface area contributed by atoms with Gasteiger partial charge in [-0.2, -0.15) is 0 Å². The van der Waals surface area contributed by atoms with Crippen molar-refractivity contribution >= 4 is 41.0 Å². The summed E-state index contributed by atoms with van der Waals surface area (Å²) in [7, 11) is 0. The number of carbonyl (C=O) groups excluding carboxylic acids is 2. The lowest BCUT2D eigenvalue weighted by Gasteiger charge is -2.40. The second kappa shape index (κ2) is 12.6. The van der Waals surface area contributed by atoms with Gasteiger partial charge in [-0.25, -0.2) is 9.97 Å². The molecule has 2 aliphatic heterocycles. The normalized spacial score (nSPS) is 19.8. The maximum Gasteiger partial charge on any atom is 0.230 e. The van der Waals surface area contributed by atoms with Crippen LogP contribution in [0, 0.1) is 0 Å². The van der Waals surface area contributed by atoms with E-state index in [1.54, 1.807) is 6.07 Å². The van der Waals surface area contributed by atoms with Crippen LogP contribution in [0.4, 0.5) is 5.82 Å². The van der Waals surface area contributed by atoms with Gasteiger partial charge in [-0.3, -0.25) is 14.5 Å². The van der Waals surface area contributed by atoms with Crippen LogP contribution in [0.2, 0.25) is 5.15 Å². The van der Waals surface area contributed by atoms with Gasteiger partial charge in [-0.15, -0.1) is 0 Å². The highest BCUT2D eigenvalue weighted by Gasteiger charge is 2.27. The van der Waals surface area contributed by atoms with Crippen molar-refractivity contribution in [3.05, 3.63) is 11.2 Å². The maximum absolute atomic E-state index is 12.2. The number of anilines is 1. The number of hydrogen-bond donors (Lipinski definition) is 1. The number of ether oxygens (including phenoxy) is 1. The molecular formula is C21H33ClN6O3S. The molecule has 1 aromatic rings. The van der Waals surface area contributed by atoms with E-state index in [1.807, 2.05) is 18.7 Å². The van der Waals surface area contributed by atoms with E-state index in [-0.39, 0.29) is 23.6 Å². The van der Waals surface area contributed by atoms with Crippen molar-refractivity contribution in [2.24, 2.45) is 0 Å². The van der Waals surface area contributed by atoms with Crippen LogP contribution in [0.15, 0.2) is 11.2 Å². The Hall–Kier alpha value is -1.62. The summed E-state index contributed by atoms with van der Waals surface area (Å²) < 4.78 is 5.34. The van der Waals surface area contributed by atoms with Crippen LogP contribution in [0.1, 0.15) is 26.7 Å². The van der Waals surface area contributed by atoms with E-state index in [4.69, 9.17) is 16.3 Å². The first kappa shape index (κ1) is 25.0. The quantitative estimate of drug-likeness (QED) is 0.244. The molecule has 1 atom stereocenters. The first-order chi connectivity index (χ1) is 15.5. The van der Waals surface area contributed by atoms with Crippen LogP contribution in [-0.2, 0) is 14.3 Å². The number of amides is 2. The third-order valence-corrected chi connectivity index (χ3v) is 6.69. The lowest BCUT2D eigenvalue weighted by Crippen LogP contribution is -2.54. The predicted molar refractivity (Wildman–Crippen MR) is 126 cm³/mol. The standard InChI is InChI=1S/C21H33ClN6O3S/c1-3-20(30)28-8-7-27(14-16(28)2)18-13-17(22)24-21(25-18)32-15-19(29)23-5-4-6-26-9-11-31-12-10-26/h13,16H,3-12,14-15H2,1-2H3,(H,23,29). The average Bonchev–Trinajstić information content (AvgIpc) is 2.80. The van der Waals surface area contributed by atoms with Gasteiger partial charge >= 0.3 is 0 Å². The first-order valence-corrected chi connectivity index (χ1v) is 12.6. The molecule has 1 unspecified atom stereocenters. The number of nitrogens with one attached hydrogen (secondary N) is 1. The summed E-state index contributed by atoms with van der Waals surface area (Å²) in [6.45, 7) is 11.1. The Morgan fingerprint density at radius 2 is 2.03 bits per heavy atom. The van der Waals surface area contributed by atoms with Gasteiger partial charge in [-0.1, -0.05) is 30.3 Å². The molecule has 11 heteroatoms. The summed E-state index contributed by atoms with van der Waals surface area (Å²) >= 11 is 7.51. The molecule has 2 saturated heterocycles. The molecule has 2 fully saturated rings. The summed E-state index contributed by atoms with van der Waals surface area (Å²) in [5, 5.41) is 3.79. The van der Waals surface area contributed by atoms with E-state index in [1.165, 1.54) is 11.8 Å². The summed E-state index contributed by atoms with van der Waals surface area (Å²) in [6, 6.07) is 1.84. The van der Waals surface area contributed by atoms with Gasteiger partial charge in [0.2, 0.25) is 11.8 Å². The third-order valence-electron chi connectivity index (χ3n) is 5.64. The minimum atomic E-state index is -0.0394. The monoisotopic (exact) mass is 484 g/mol. The van der Waals surface area contributed by atoms with Crippen molar-refractivity contribution in [3.63, 3.8) is 0 Å². The van der Waals surface area contributed by atoms with Crippen LogP contribution in [-0.4, -0.2) is 102 Å². The number of carbonyl (C=O) groups is 2. The fourth-order valence-electron chi connectivity index (χ4n) is 3.89. The van der Waals surface area contributed by atoms with Crippen molar-refractivity contribution in [3.8, 4) is 0 Å². The number of nitrogens with zero attached hydrogens (tertiary/aromatic N) is 5. The van der Waals surface area contributed by atoms with E-state index in [9.17, 15) is 9.59 Å². The molecule has 0 aliphatic carbocycles. The Morgan fingerprint density at radius 1 is 1.25 bits per heavy atom. The predicted octanol–water partition coefficient (Wildman–Crippen LogP) is 1.51. The molecule has 0 aromatic carbocycles. The largest absolute Gasteiger partial charge is 0.379 e. The zero-order valence-electron chi connectivity index (χ0n) is 18.9. The van der Waals surface area contributed by atoms with E-state index < -0.39 is 0 Å². The minimum absolute atomic E-state index is 0.0394. The Morgan fingerprint density at radius 3 is 2.75 bits per heavy atom. The molecule has 0 saturated carbocycles. The van der Waals surface area contributed by atoms with Gasteiger partial charge in [0.05, 0.1) is 19.0 Å². The fraction of sp³-hybridized carbons (Fsp3) is 0.714. The average molecular weight is 485 g/mol. The number of piperazine rings is 1. The van der Waals surface area contributed by atoms with E-state index in [0.29, 0.717) is 42.9 Å². The highest BCUT2D eigenvalue weighted by molar-refractivity contribution is 7.99. The van der Waals surface area contributed by atoms with Crippen molar-refractivity contribution < 1.29 is 14.3 Å². The topological polar surface area (TPSA) is 90.9 Å². The van der Waals surface area contributed by atoms with Gasteiger partial charge in [0.15, 0.2) is 5.16 Å². The molecule has 9 nitrogen and oxygen atoms in total. The summed E-state index contributed by atoms with van der Waals surface area (Å²) in [4.78, 5) is 39.5. The smallest absolute Gasteiger partial charge is 0.230 e. The van der Waals surface area contributed by atoms with E-state index in [2.05, 4.69) is 25.1 Å². The van der Waals surface area contributed by atoms with Crippen molar-refractivity contribution in [2.75, 3.05) is 69.7 Å². The van der Waals surface area contributed by atoms with Gasteiger partial charge in [0, 0.05) is 57.8 Å². The molecule has 3 rings (SSSR count). The number of thioether (sulfide) groups is 1. The van der Waals surface area contributed by atoms with Crippen LogP contribution >= 0.6 is 23.4 Å². The lowest BCUT2D eigenvalue weighted by atomic mass is 10.1. The third kappa shape index (κ3) is 7.47. The summed E-state index contributed by atoms with van der Waals surface area (Å²) in [5.41, 5.74) is 0. The fourth-order valence-corrected chi connectivity index (χ4v) is 4.80. The molecule has 0 bridgehead atoms. The molecule has 0 radical (unpaired) electrons. The molecule has 1 N–H and O–H groups in total. The maximum atomic E-state index is 12.2. The lowest BCUT2D eigenvalue weighted by molar-refractivity contribution is -0.133. The number of hydrogen-bond acceptors (Lipinski definition) is 8. The molecule has 1 aromatic heterocycles. The Kier molecular flexibility index (Phi) is 9.83. The van der Waals surface area contributed by atoms with Gasteiger partial charge in [-0.05, 0) is 19.9 Å². The highest BCUT2D eigenvalue weighted by Crippen LogP contribution is 2.24. The highest BCUT2D eigenvalue weighted by atomic mass is 35.5. The first-order valence-electron chi connectivity index (χ1n) is 11.2. The summed E-state index contributed by atoms with van der Waals surface area (Å²) in [6.07, 6.45) is 1.43. The Labute approximate surface area is 199 Å². The molecular weight excluding hydrogens is 452 g/mol. The molecule has 178 valence electrons. The van der Waals surface area contributed by atoms with E-state index >= 15 is 0 Å². The number of rotatable bonds is 9. The van der Waals surface area contributed by atoms with Crippen LogP contribution in [0.5, 0.6) is 0 Å². The molecule has 0 spiro atoms.